The summed E-state index contributed by atoms with van der Waals surface area (Å²) in [6.07, 6.45) is 2.56. The highest BCUT2D eigenvalue weighted by Crippen LogP contribution is 2.19. The van der Waals surface area contributed by atoms with Crippen LogP contribution in [-0.4, -0.2) is 41.9 Å². The van der Waals surface area contributed by atoms with E-state index in [2.05, 4.69) is 5.10 Å². The van der Waals surface area contributed by atoms with Gasteiger partial charge in [-0.1, -0.05) is 17.0 Å². The summed E-state index contributed by atoms with van der Waals surface area (Å²) in [5, 5.41) is 13.5. The van der Waals surface area contributed by atoms with Crippen LogP contribution >= 0.6 is 0 Å². The van der Waals surface area contributed by atoms with Gasteiger partial charge in [0.2, 0.25) is 0 Å². The van der Waals surface area contributed by atoms with Crippen LogP contribution in [0.25, 0.3) is 11.1 Å². The zero-order chi connectivity index (χ0) is 17.3. The number of rotatable bonds is 5. The van der Waals surface area contributed by atoms with Gasteiger partial charge in [0, 0.05) is 17.9 Å². The number of aromatic nitrogens is 2. The Kier molecular flexibility index (Phi) is 4.58. The zero-order valence-corrected chi connectivity index (χ0v) is 13.9. The van der Waals surface area contributed by atoms with E-state index in [1.807, 2.05) is 0 Å². The third-order valence-corrected chi connectivity index (χ3v) is 4.05. The van der Waals surface area contributed by atoms with Gasteiger partial charge in [0.1, 0.15) is 6.61 Å². The van der Waals surface area contributed by atoms with E-state index >= 15 is 0 Å². The van der Waals surface area contributed by atoms with Crippen LogP contribution in [0.5, 0.6) is 0 Å². The van der Waals surface area contributed by atoms with Crippen LogP contribution < -0.4 is 10.4 Å². The van der Waals surface area contributed by atoms with Crippen molar-refractivity contribution in [2.75, 3.05) is 12.9 Å². The summed E-state index contributed by atoms with van der Waals surface area (Å²) in [5.41, 5.74) is -0.366. The highest BCUT2D eigenvalue weighted by Gasteiger charge is 2.15. The Morgan fingerprint density at radius 1 is 1.22 bits per heavy atom. The van der Waals surface area contributed by atoms with Gasteiger partial charge in [0.15, 0.2) is 9.84 Å². The van der Waals surface area contributed by atoms with Crippen LogP contribution in [-0.2, 0) is 9.84 Å². The van der Waals surface area contributed by atoms with E-state index < -0.39 is 21.0 Å². The first-order valence-electron chi connectivity index (χ1n) is 6.82. The first-order chi connectivity index (χ1) is 10.6. The smallest absolute Gasteiger partial charge is 0.303 e. The van der Waals surface area contributed by atoms with Crippen molar-refractivity contribution in [3.63, 3.8) is 0 Å². The van der Waals surface area contributed by atoms with E-state index in [-0.39, 0.29) is 11.5 Å². The topological polar surface area (TPSA) is 98.5 Å². The summed E-state index contributed by atoms with van der Waals surface area (Å²) in [6, 6.07) is 7.48. The second-order valence-electron chi connectivity index (χ2n) is 5.84. The van der Waals surface area contributed by atoms with Crippen LogP contribution in [0.2, 0.25) is 0 Å². The van der Waals surface area contributed by atoms with Crippen molar-refractivity contribution in [3.8, 4) is 11.1 Å². The van der Waals surface area contributed by atoms with Gasteiger partial charge in [-0.05, 0) is 31.5 Å². The van der Waals surface area contributed by atoms with E-state index in [9.17, 15) is 18.3 Å². The molecule has 0 amide bonds. The van der Waals surface area contributed by atoms with Crippen molar-refractivity contribution in [1.82, 2.24) is 9.94 Å². The van der Waals surface area contributed by atoms with Gasteiger partial charge < -0.3 is 9.94 Å². The molecule has 1 aromatic carbocycles. The number of aliphatic hydroxyl groups is 1. The van der Waals surface area contributed by atoms with E-state index in [4.69, 9.17) is 4.84 Å². The first kappa shape index (κ1) is 17.2. The molecular weight excluding hydrogens is 320 g/mol. The average molecular weight is 338 g/mol. The van der Waals surface area contributed by atoms with Crippen LogP contribution in [0.1, 0.15) is 13.8 Å². The Morgan fingerprint density at radius 3 is 2.30 bits per heavy atom. The summed E-state index contributed by atoms with van der Waals surface area (Å²) in [5.74, 6) is 0. The maximum atomic E-state index is 12.0. The molecule has 1 heterocycles. The molecule has 1 aromatic heterocycles. The largest absolute Gasteiger partial charge is 0.391 e. The molecule has 0 bridgehead atoms. The molecule has 124 valence electrons. The molecule has 0 aliphatic heterocycles. The Labute approximate surface area is 134 Å². The monoisotopic (exact) mass is 338 g/mol. The second kappa shape index (κ2) is 6.13. The zero-order valence-electron chi connectivity index (χ0n) is 13.1. The van der Waals surface area contributed by atoms with Crippen LogP contribution in [0.15, 0.2) is 46.2 Å². The molecule has 1 N–H and O–H groups in total. The van der Waals surface area contributed by atoms with Crippen LogP contribution in [0.3, 0.4) is 0 Å². The normalized spacial score (nSPS) is 12.2. The summed E-state index contributed by atoms with van der Waals surface area (Å²) in [7, 11) is -3.26. The van der Waals surface area contributed by atoms with Crippen molar-refractivity contribution in [2.24, 2.45) is 0 Å². The fraction of sp³-hybridized carbons (Fsp3) is 0.333. The molecule has 0 saturated carbocycles. The number of sulfone groups is 1. The lowest BCUT2D eigenvalue weighted by atomic mass is 10.1. The van der Waals surface area contributed by atoms with Crippen LogP contribution in [0, 0.1) is 0 Å². The minimum Gasteiger partial charge on any atom is -0.391 e. The maximum absolute atomic E-state index is 12.0. The molecule has 0 radical (unpaired) electrons. The predicted molar refractivity (Wildman–Crippen MR) is 84.8 cm³/mol. The standard InChI is InChI=1S/C15H18N2O5S/c1-15(2,19)10-22-17-14(18)8-12(9-16-17)11-4-6-13(7-5-11)23(3,20)21/h4-9,19H,10H2,1-3H3. The Balaban J connectivity index is 2.25. The van der Waals surface area contributed by atoms with Gasteiger partial charge in [-0.2, -0.15) is 0 Å². The summed E-state index contributed by atoms with van der Waals surface area (Å²) >= 11 is 0. The predicted octanol–water partition coefficient (Wildman–Crippen LogP) is 0.513. The second-order valence-corrected chi connectivity index (χ2v) is 7.85. The molecule has 0 aliphatic carbocycles. The Morgan fingerprint density at radius 2 is 1.83 bits per heavy atom. The number of hydrogen-bond acceptors (Lipinski definition) is 6. The summed E-state index contributed by atoms with van der Waals surface area (Å²) in [4.78, 5) is 18.1. The highest BCUT2D eigenvalue weighted by molar-refractivity contribution is 7.90. The van der Waals surface area contributed by atoms with E-state index in [1.54, 1.807) is 26.0 Å². The number of benzene rings is 1. The number of nitrogens with zero attached hydrogens (tertiary/aromatic N) is 2. The Bertz CT molecular complexity index is 849. The molecule has 0 aliphatic rings. The van der Waals surface area contributed by atoms with Gasteiger partial charge in [-0.15, -0.1) is 5.10 Å². The lowest BCUT2D eigenvalue weighted by molar-refractivity contribution is -0.0411. The molecule has 2 rings (SSSR count). The molecule has 0 unspecified atom stereocenters. The number of hydrogen-bond donors (Lipinski definition) is 1. The molecule has 0 atom stereocenters. The van der Waals surface area contributed by atoms with Crippen molar-refractivity contribution < 1.29 is 18.4 Å². The lowest BCUT2D eigenvalue weighted by Crippen LogP contribution is -2.37. The molecule has 23 heavy (non-hydrogen) atoms. The van der Waals surface area contributed by atoms with Crippen molar-refractivity contribution in [3.05, 3.63) is 46.9 Å². The van der Waals surface area contributed by atoms with Crippen molar-refractivity contribution in [2.45, 2.75) is 24.3 Å². The molecular formula is C15H18N2O5S. The fourth-order valence-electron chi connectivity index (χ4n) is 1.77. The third kappa shape index (κ3) is 4.64. The summed E-state index contributed by atoms with van der Waals surface area (Å²) < 4.78 is 22.9. The maximum Gasteiger partial charge on any atom is 0.303 e. The van der Waals surface area contributed by atoms with E-state index in [0.717, 1.165) is 11.1 Å². The minimum absolute atomic E-state index is 0.0810. The third-order valence-electron chi connectivity index (χ3n) is 2.93. The lowest BCUT2D eigenvalue weighted by Gasteiger charge is -2.17. The van der Waals surface area contributed by atoms with Gasteiger partial charge in [0.25, 0.3) is 0 Å². The van der Waals surface area contributed by atoms with Crippen LogP contribution in [0.4, 0.5) is 0 Å². The fourth-order valence-corrected chi connectivity index (χ4v) is 2.40. The molecule has 0 spiro atoms. The minimum atomic E-state index is -3.26. The molecule has 2 aromatic rings. The first-order valence-corrected chi connectivity index (χ1v) is 8.71. The molecule has 0 saturated heterocycles. The molecule has 8 heteroatoms. The van der Waals surface area contributed by atoms with Crippen molar-refractivity contribution in [1.29, 1.82) is 0 Å². The van der Waals surface area contributed by atoms with E-state index in [1.165, 1.54) is 24.4 Å². The van der Waals surface area contributed by atoms with Gasteiger partial charge in [-0.3, -0.25) is 4.79 Å². The molecule has 0 fully saturated rings. The average Bonchev–Trinajstić information content (AvgIpc) is 2.44. The van der Waals surface area contributed by atoms with Gasteiger partial charge >= 0.3 is 5.56 Å². The Hall–Kier alpha value is -2.19. The van der Waals surface area contributed by atoms with Gasteiger partial charge in [-0.25, -0.2) is 8.42 Å². The quantitative estimate of drug-likeness (QED) is 0.853. The summed E-state index contributed by atoms with van der Waals surface area (Å²) in [6.45, 7) is 3.02. The van der Waals surface area contributed by atoms with Crippen molar-refractivity contribution >= 4 is 9.84 Å². The SMILES string of the molecule is CC(C)(O)COn1ncc(-c2ccc(S(C)(=O)=O)cc2)cc1=O. The molecule has 7 nitrogen and oxygen atoms in total. The van der Waals surface area contributed by atoms with Gasteiger partial charge in [0.05, 0.1) is 16.7 Å². The van der Waals surface area contributed by atoms with E-state index in [0.29, 0.717) is 11.1 Å². The highest BCUT2D eigenvalue weighted by atomic mass is 32.2.